The lowest BCUT2D eigenvalue weighted by molar-refractivity contribution is 0.0298. The Morgan fingerprint density at radius 3 is 2.36 bits per heavy atom. The fraction of sp³-hybridized carbons (Fsp3) is 0.417. The summed E-state index contributed by atoms with van der Waals surface area (Å²) in [5, 5.41) is 5.48. The van der Waals surface area contributed by atoms with Gasteiger partial charge in [0, 0.05) is 57.8 Å². The van der Waals surface area contributed by atoms with Crippen LogP contribution in [-0.4, -0.2) is 88.9 Å². The highest BCUT2D eigenvalue weighted by molar-refractivity contribution is 5.98. The summed E-state index contributed by atoms with van der Waals surface area (Å²) >= 11 is 0. The number of anilines is 1. The van der Waals surface area contributed by atoms with E-state index in [1.165, 1.54) is 10.2 Å². The van der Waals surface area contributed by atoms with Gasteiger partial charge in [-0.1, -0.05) is 18.2 Å². The van der Waals surface area contributed by atoms with Crippen molar-refractivity contribution in [2.75, 3.05) is 57.4 Å². The van der Waals surface area contributed by atoms with Crippen molar-refractivity contribution in [1.29, 1.82) is 0 Å². The second-order valence-electron chi connectivity index (χ2n) is 8.54. The van der Waals surface area contributed by atoms with E-state index in [0.29, 0.717) is 63.9 Å². The zero-order chi connectivity index (χ0) is 22.9. The number of amides is 2. The van der Waals surface area contributed by atoms with Crippen LogP contribution in [0.15, 0.2) is 36.4 Å². The molecule has 2 saturated heterocycles. The molecule has 9 nitrogen and oxygen atoms in total. The minimum Gasteiger partial charge on any atom is -0.378 e. The van der Waals surface area contributed by atoms with Crippen LogP contribution in [-0.2, 0) is 11.8 Å². The number of hydrogen-bond acceptors (Lipinski definition) is 6. The first-order valence-electron chi connectivity index (χ1n) is 11.3. The molecule has 2 fully saturated rings. The van der Waals surface area contributed by atoms with E-state index in [9.17, 15) is 9.59 Å². The molecule has 33 heavy (non-hydrogen) atoms. The minimum atomic E-state index is -0.157. The number of benzene rings is 1. The quantitative estimate of drug-likeness (QED) is 0.607. The van der Waals surface area contributed by atoms with E-state index < -0.39 is 0 Å². The van der Waals surface area contributed by atoms with Crippen molar-refractivity contribution in [3.63, 3.8) is 0 Å². The van der Waals surface area contributed by atoms with Crippen LogP contribution in [0, 0.1) is 6.92 Å². The van der Waals surface area contributed by atoms with Crippen LogP contribution in [0.2, 0.25) is 0 Å². The van der Waals surface area contributed by atoms with Gasteiger partial charge in [-0.25, -0.2) is 4.98 Å². The van der Waals surface area contributed by atoms with Gasteiger partial charge in [0.1, 0.15) is 11.5 Å². The van der Waals surface area contributed by atoms with Gasteiger partial charge < -0.3 is 19.4 Å². The van der Waals surface area contributed by atoms with Gasteiger partial charge in [0.25, 0.3) is 11.8 Å². The van der Waals surface area contributed by atoms with Gasteiger partial charge in [-0.05, 0) is 24.6 Å². The lowest BCUT2D eigenvalue weighted by Gasteiger charge is -2.35. The molecule has 3 aromatic rings. The number of aromatic nitrogens is 3. The van der Waals surface area contributed by atoms with Gasteiger partial charge in [-0.3, -0.25) is 14.3 Å². The molecule has 1 aromatic carbocycles. The van der Waals surface area contributed by atoms with Gasteiger partial charge in [0.2, 0.25) is 0 Å². The maximum Gasteiger partial charge on any atom is 0.274 e. The van der Waals surface area contributed by atoms with E-state index in [1.807, 2.05) is 23.1 Å². The van der Waals surface area contributed by atoms with Crippen LogP contribution in [0.25, 0.3) is 10.9 Å². The summed E-state index contributed by atoms with van der Waals surface area (Å²) < 4.78 is 6.82. The Balaban J connectivity index is 1.26. The molecule has 2 amide bonds. The predicted molar refractivity (Wildman–Crippen MR) is 125 cm³/mol. The molecule has 2 aliphatic rings. The van der Waals surface area contributed by atoms with Crippen molar-refractivity contribution in [2.45, 2.75) is 6.92 Å². The van der Waals surface area contributed by atoms with Crippen molar-refractivity contribution in [3.8, 4) is 0 Å². The number of morpholine rings is 1. The molecule has 2 aromatic heterocycles. The summed E-state index contributed by atoms with van der Waals surface area (Å²) in [4.78, 5) is 36.5. The molecule has 5 rings (SSSR count). The molecule has 172 valence electrons. The van der Waals surface area contributed by atoms with Gasteiger partial charge in [-0.2, -0.15) is 5.10 Å². The standard InChI is InChI=1S/C24H28N6O3/c1-17-15-22(25-19-6-4-3-5-18(17)19)28-7-9-29(10-8-28)24(32)21-16-20(26-27(21)2)23(31)30-11-13-33-14-12-30/h3-6,15-16H,7-14H2,1-2H3. The highest BCUT2D eigenvalue weighted by atomic mass is 16.5. The molecule has 0 spiro atoms. The fourth-order valence-electron chi connectivity index (χ4n) is 4.49. The molecule has 0 unspecified atom stereocenters. The van der Waals surface area contributed by atoms with Crippen molar-refractivity contribution in [2.24, 2.45) is 7.05 Å². The van der Waals surface area contributed by atoms with Crippen LogP contribution >= 0.6 is 0 Å². The highest BCUT2D eigenvalue weighted by Gasteiger charge is 2.28. The normalized spacial score (nSPS) is 17.0. The number of carbonyl (C=O) groups excluding carboxylic acids is 2. The second kappa shape index (κ2) is 8.82. The maximum atomic E-state index is 13.2. The zero-order valence-corrected chi connectivity index (χ0v) is 19.0. The van der Waals surface area contributed by atoms with Gasteiger partial charge in [-0.15, -0.1) is 0 Å². The summed E-state index contributed by atoms with van der Waals surface area (Å²) in [5.41, 5.74) is 2.91. The molecular formula is C24H28N6O3. The van der Waals surface area contributed by atoms with E-state index in [4.69, 9.17) is 9.72 Å². The number of ether oxygens (including phenoxy) is 1. The van der Waals surface area contributed by atoms with Crippen LogP contribution in [0.3, 0.4) is 0 Å². The first-order chi connectivity index (χ1) is 16.0. The number of aryl methyl sites for hydroxylation is 2. The van der Waals surface area contributed by atoms with Gasteiger partial charge in [0.05, 0.1) is 18.7 Å². The molecule has 4 heterocycles. The van der Waals surface area contributed by atoms with E-state index in [2.05, 4.69) is 29.1 Å². The molecule has 0 saturated carbocycles. The molecule has 0 bridgehead atoms. The first kappa shape index (κ1) is 21.4. The number of nitrogens with zero attached hydrogens (tertiary/aromatic N) is 6. The Kier molecular flexibility index (Phi) is 5.72. The average Bonchev–Trinajstić information content (AvgIpc) is 3.25. The third-order valence-electron chi connectivity index (χ3n) is 6.42. The number of rotatable bonds is 3. The lowest BCUT2D eigenvalue weighted by atomic mass is 10.1. The topological polar surface area (TPSA) is 83.8 Å². The summed E-state index contributed by atoms with van der Waals surface area (Å²) in [7, 11) is 1.71. The first-order valence-corrected chi connectivity index (χ1v) is 11.3. The molecule has 9 heteroatoms. The molecule has 2 aliphatic heterocycles. The van der Waals surface area contributed by atoms with Crippen LogP contribution in [0.1, 0.15) is 26.5 Å². The van der Waals surface area contributed by atoms with Gasteiger partial charge in [0.15, 0.2) is 5.69 Å². The SMILES string of the molecule is Cc1cc(N2CCN(C(=O)c3cc(C(=O)N4CCOCC4)nn3C)CC2)nc2ccccc12. The van der Waals surface area contributed by atoms with Crippen molar-refractivity contribution >= 4 is 28.5 Å². The highest BCUT2D eigenvalue weighted by Crippen LogP contribution is 2.23. The Hall–Kier alpha value is -3.46. The maximum absolute atomic E-state index is 13.2. The Labute approximate surface area is 192 Å². The third kappa shape index (κ3) is 4.16. The van der Waals surface area contributed by atoms with E-state index in [-0.39, 0.29) is 11.8 Å². The fourth-order valence-corrected chi connectivity index (χ4v) is 4.49. The Morgan fingerprint density at radius 2 is 1.61 bits per heavy atom. The molecular weight excluding hydrogens is 420 g/mol. The van der Waals surface area contributed by atoms with Crippen molar-refractivity contribution in [3.05, 3.63) is 53.3 Å². The summed E-state index contributed by atoms with van der Waals surface area (Å²) in [6.07, 6.45) is 0. The summed E-state index contributed by atoms with van der Waals surface area (Å²) in [6.45, 7) is 6.83. The van der Waals surface area contributed by atoms with E-state index >= 15 is 0 Å². The van der Waals surface area contributed by atoms with Crippen LogP contribution in [0.5, 0.6) is 0 Å². The van der Waals surface area contributed by atoms with Crippen molar-refractivity contribution < 1.29 is 14.3 Å². The van der Waals surface area contributed by atoms with E-state index in [0.717, 1.165) is 16.7 Å². The van der Waals surface area contributed by atoms with E-state index in [1.54, 1.807) is 18.0 Å². The molecule has 0 N–H and O–H groups in total. The second-order valence-corrected chi connectivity index (χ2v) is 8.54. The zero-order valence-electron chi connectivity index (χ0n) is 19.0. The minimum absolute atomic E-state index is 0.103. The number of piperazine rings is 1. The van der Waals surface area contributed by atoms with Crippen LogP contribution < -0.4 is 4.90 Å². The number of fused-ring (bicyclic) bond motifs is 1. The number of para-hydroxylation sites is 1. The molecule has 0 aliphatic carbocycles. The summed E-state index contributed by atoms with van der Waals surface area (Å²) in [6, 6.07) is 11.9. The van der Waals surface area contributed by atoms with Crippen molar-refractivity contribution in [1.82, 2.24) is 24.6 Å². The largest absolute Gasteiger partial charge is 0.378 e. The number of pyridine rings is 1. The Bertz CT molecular complexity index is 1190. The monoisotopic (exact) mass is 448 g/mol. The lowest BCUT2D eigenvalue weighted by Crippen LogP contribution is -2.49. The third-order valence-corrected chi connectivity index (χ3v) is 6.42. The molecule has 0 radical (unpaired) electrons. The smallest absolute Gasteiger partial charge is 0.274 e. The number of hydrogen-bond donors (Lipinski definition) is 0. The predicted octanol–water partition coefficient (Wildman–Crippen LogP) is 1.71. The molecule has 0 atom stereocenters. The summed E-state index contributed by atoms with van der Waals surface area (Å²) in [5.74, 6) is 0.682. The van der Waals surface area contributed by atoms with Crippen LogP contribution in [0.4, 0.5) is 5.82 Å². The van der Waals surface area contributed by atoms with Gasteiger partial charge >= 0.3 is 0 Å². The average molecular weight is 449 g/mol. The number of carbonyl (C=O) groups is 2. The Morgan fingerprint density at radius 1 is 0.909 bits per heavy atom.